The number of pyridine rings is 1. The molecule has 1 aliphatic rings. The SMILES string of the molecule is Nc1[nH]cc2c(C3CCCC3)ncc(-c3ccc(Oc4ccccc4)cc3)c12. The van der Waals surface area contributed by atoms with Crippen LogP contribution < -0.4 is 10.5 Å². The van der Waals surface area contributed by atoms with Crippen molar-refractivity contribution in [1.82, 2.24) is 9.97 Å². The van der Waals surface area contributed by atoms with E-state index in [1.54, 1.807) is 0 Å². The van der Waals surface area contributed by atoms with Gasteiger partial charge in [0.25, 0.3) is 0 Å². The third-order valence-corrected chi connectivity index (χ3v) is 5.67. The maximum absolute atomic E-state index is 6.31. The standard InChI is InChI=1S/C24H23N3O/c25-24-22-20(14-26-23(21(22)15-27-24)17-6-4-5-7-17)16-10-12-19(13-11-16)28-18-8-2-1-3-9-18/h1-3,8-15,17,27H,4-7,25H2. The van der Waals surface area contributed by atoms with Gasteiger partial charge in [-0.3, -0.25) is 4.98 Å². The zero-order valence-corrected chi connectivity index (χ0v) is 15.7. The van der Waals surface area contributed by atoms with E-state index in [1.165, 1.54) is 31.4 Å². The number of aromatic nitrogens is 2. The van der Waals surface area contributed by atoms with Crippen LogP contribution in [0.3, 0.4) is 0 Å². The highest BCUT2D eigenvalue weighted by atomic mass is 16.5. The largest absolute Gasteiger partial charge is 0.457 e. The lowest BCUT2D eigenvalue weighted by molar-refractivity contribution is 0.483. The lowest BCUT2D eigenvalue weighted by atomic mass is 9.96. The molecule has 0 spiro atoms. The molecule has 140 valence electrons. The van der Waals surface area contributed by atoms with Crippen LogP contribution in [0.2, 0.25) is 0 Å². The number of nitrogens with one attached hydrogen (secondary N) is 1. The quantitative estimate of drug-likeness (QED) is 0.446. The van der Waals surface area contributed by atoms with E-state index in [0.29, 0.717) is 11.7 Å². The number of rotatable bonds is 4. The summed E-state index contributed by atoms with van der Waals surface area (Å²) in [7, 11) is 0. The second-order valence-corrected chi connectivity index (χ2v) is 7.47. The normalized spacial score (nSPS) is 14.6. The minimum atomic E-state index is 0.549. The van der Waals surface area contributed by atoms with Crippen molar-refractivity contribution in [1.29, 1.82) is 0 Å². The summed E-state index contributed by atoms with van der Waals surface area (Å²) in [6, 6.07) is 17.9. The zero-order valence-electron chi connectivity index (χ0n) is 15.7. The zero-order chi connectivity index (χ0) is 18.9. The van der Waals surface area contributed by atoms with Crippen LogP contribution in [0, 0.1) is 0 Å². The van der Waals surface area contributed by atoms with Gasteiger partial charge >= 0.3 is 0 Å². The monoisotopic (exact) mass is 369 g/mol. The lowest BCUT2D eigenvalue weighted by Crippen LogP contribution is -1.98. The molecule has 1 fully saturated rings. The van der Waals surface area contributed by atoms with Crippen molar-refractivity contribution in [3.8, 4) is 22.6 Å². The number of fused-ring (bicyclic) bond motifs is 1. The third kappa shape index (κ3) is 3.01. The maximum Gasteiger partial charge on any atom is 0.127 e. The smallest absolute Gasteiger partial charge is 0.127 e. The van der Waals surface area contributed by atoms with Gasteiger partial charge in [-0.2, -0.15) is 0 Å². The van der Waals surface area contributed by atoms with Gasteiger partial charge in [-0.1, -0.05) is 43.2 Å². The number of nitrogens with zero attached hydrogens (tertiary/aromatic N) is 1. The Morgan fingerprint density at radius 3 is 2.39 bits per heavy atom. The van der Waals surface area contributed by atoms with Gasteiger partial charge in [0.1, 0.15) is 17.3 Å². The molecule has 0 amide bonds. The summed E-state index contributed by atoms with van der Waals surface area (Å²) in [5.74, 6) is 2.89. The number of para-hydroxylation sites is 1. The number of anilines is 1. The number of nitrogen functional groups attached to an aromatic ring is 1. The van der Waals surface area contributed by atoms with E-state index in [4.69, 9.17) is 15.5 Å². The predicted octanol–water partition coefficient (Wildman–Crippen LogP) is 6.26. The summed E-state index contributed by atoms with van der Waals surface area (Å²) in [5.41, 5.74) is 9.64. The average Bonchev–Trinajstić information content (AvgIpc) is 3.40. The number of hydrogen-bond acceptors (Lipinski definition) is 3. The van der Waals surface area contributed by atoms with Gasteiger partial charge in [0.15, 0.2) is 0 Å². The average molecular weight is 369 g/mol. The van der Waals surface area contributed by atoms with Crippen LogP contribution in [0.25, 0.3) is 21.9 Å². The molecule has 0 atom stereocenters. The van der Waals surface area contributed by atoms with Crippen molar-refractivity contribution in [2.75, 3.05) is 5.73 Å². The summed E-state index contributed by atoms with van der Waals surface area (Å²) in [6.45, 7) is 0. The van der Waals surface area contributed by atoms with E-state index in [0.717, 1.165) is 33.4 Å². The van der Waals surface area contributed by atoms with Gasteiger partial charge in [-0.15, -0.1) is 0 Å². The van der Waals surface area contributed by atoms with Gasteiger partial charge < -0.3 is 15.5 Å². The molecule has 5 rings (SSSR count). The highest BCUT2D eigenvalue weighted by Crippen LogP contribution is 2.41. The summed E-state index contributed by atoms with van der Waals surface area (Å²) in [4.78, 5) is 8.07. The second kappa shape index (κ2) is 7.04. The predicted molar refractivity (Wildman–Crippen MR) is 114 cm³/mol. The molecule has 0 unspecified atom stereocenters. The molecule has 4 nitrogen and oxygen atoms in total. The molecule has 1 aliphatic carbocycles. The molecular formula is C24H23N3O. The Hall–Kier alpha value is -3.27. The summed E-state index contributed by atoms with van der Waals surface area (Å²) < 4.78 is 5.91. The molecule has 4 aromatic rings. The fourth-order valence-electron chi connectivity index (χ4n) is 4.27. The van der Waals surface area contributed by atoms with Crippen molar-refractivity contribution in [3.63, 3.8) is 0 Å². The number of benzene rings is 2. The van der Waals surface area contributed by atoms with Gasteiger partial charge in [-0.05, 0) is 42.7 Å². The summed E-state index contributed by atoms with van der Waals surface area (Å²) >= 11 is 0. The Morgan fingerprint density at radius 1 is 0.929 bits per heavy atom. The molecule has 0 radical (unpaired) electrons. The first-order valence-corrected chi connectivity index (χ1v) is 9.88. The molecule has 0 bridgehead atoms. The van der Waals surface area contributed by atoms with E-state index in [-0.39, 0.29) is 0 Å². The molecule has 2 aromatic carbocycles. The van der Waals surface area contributed by atoms with Crippen LogP contribution in [-0.4, -0.2) is 9.97 Å². The first-order chi connectivity index (χ1) is 13.8. The Balaban J connectivity index is 1.51. The molecule has 2 heterocycles. The topological polar surface area (TPSA) is 63.9 Å². The first kappa shape index (κ1) is 16.9. The summed E-state index contributed by atoms with van der Waals surface area (Å²) in [5, 5.41) is 2.24. The maximum atomic E-state index is 6.31. The molecule has 0 saturated heterocycles. The highest BCUT2D eigenvalue weighted by Gasteiger charge is 2.23. The van der Waals surface area contributed by atoms with Crippen molar-refractivity contribution in [2.24, 2.45) is 0 Å². The second-order valence-electron chi connectivity index (χ2n) is 7.47. The number of aromatic amines is 1. The van der Waals surface area contributed by atoms with E-state index in [2.05, 4.69) is 17.1 Å². The molecular weight excluding hydrogens is 346 g/mol. The highest BCUT2D eigenvalue weighted by molar-refractivity contribution is 6.04. The van der Waals surface area contributed by atoms with E-state index in [9.17, 15) is 0 Å². The molecule has 3 N–H and O–H groups in total. The van der Waals surface area contributed by atoms with Gasteiger partial charge in [0.2, 0.25) is 0 Å². The van der Waals surface area contributed by atoms with Gasteiger partial charge in [0, 0.05) is 34.6 Å². The van der Waals surface area contributed by atoms with Gasteiger partial charge in [-0.25, -0.2) is 0 Å². The van der Waals surface area contributed by atoms with Crippen molar-refractivity contribution >= 4 is 16.6 Å². The molecule has 2 aromatic heterocycles. The molecule has 28 heavy (non-hydrogen) atoms. The third-order valence-electron chi connectivity index (χ3n) is 5.67. The van der Waals surface area contributed by atoms with Crippen molar-refractivity contribution < 1.29 is 4.74 Å². The fourth-order valence-corrected chi connectivity index (χ4v) is 4.27. The van der Waals surface area contributed by atoms with Crippen LogP contribution in [0.15, 0.2) is 67.0 Å². The Morgan fingerprint density at radius 2 is 1.64 bits per heavy atom. The van der Waals surface area contributed by atoms with Crippen LogP contribution in [-0.2, 0) is 0 Å². The van der Waals surface area contributed by atoms with E-state index < -0.39 is 0 Å². The van der Waals surface area contributed by atoms with Crippen LogP contribution in [0.4, 0.5) is 5.82 Å². The van der Waals surface area contributed by atoms with Crippen LogP contribution in [0.1, 0.15) is 37.3 Å². The number of hydrogen-bond donors (Lipinski definition) is 2. The van der Waals surface area contributed by atoms with Crippen LogP contribution in [0.5, 0.6) is 11.5 Å². The Kier molecular flexibility index (Phi) is 4.24. The fraction of sp³-hybridized carbons (Fsp3) is 0.208. The first-order valence-electron chi connectivity index (χ1n) is 9.88. The minimum absolute atomic E-state index is 0.549. The minimum Gasteiger partial charge on any atom is -0.457 e. The molecule has 0 aliphatic heterocycles. The van der Waals surface area contributed by atoms with E-state index >= 15 is 0 Å². The van der Waals surface area contributed by atoms with E-state index in [1.807, 2.05) is 54.9 Å². The van der Waals surface area contributed by atoms with Gasteiger partial charge in [0.05, 0.1) is 5.69 Å². The number of ether oxygens (including phenoxy) is 1. The van der Waals surface area contributed by atoms with Crippen molar-refractivity contribution in [3.05, 3.63) is 72.7 Å². The Bertz CT molecular complexity index is 1090. The molecule has 4 heteroatoms. The molecule has 1 saturated carbocycles. The number of H-pyrrole nitrogens is 1. The lowest BCUT2D eigenvalue weighted by Gasteiger charge is -2.13. The van der Waals surface area contributed by atoms with Crippen LogP contribution >= 0.6 is 0 Å². The Labute approximate surface area is 164 Å². The summed E-state index contributed by atoms with van der Waals surface area (Å²) in [6.07, 6.45) is 9.02. The van der Waals surface area contributed by atoms with Crippen molar-refractivity contribution in [2.45, 2.75) is 31.6 Å². The number of nitrogens with two attached hydrogens (primary N) is 1.